The molecule has 0 aliphatic rings. The minimum Gasteiger partial charge on any atom is -0.497 e. The predicted molar refractivity (Wildman–Crippen MR) is 572 cm³/mol. The van der Waals surface area contributed by atoms with E-state index in [1.54, 1.807) is 21.3 Å². The molecule has 20 aromatic carbocycles. The van der Waals surface area contributed by atoms with Crippen LogP contribution in [0.5, 0.6) is 23.0 Å². The van der Waals surface area contributed by atoms with E-state index < -0.39 is 0 Å². The Hall–Kier alpha value is -17.3. The Balaban J connectivity index is 0.000000123. The second-order valence-corrected chi connectivity index (χ2v) is 31.6. The van der Waals surface area contributed by atoms with Crippen molar-refractivity contribution in [3.63, 3.8) is 0 Å². The number of methoxy groups -OCH3 is 3. The number of para-hydroxylation sites is 10. The average molecular weight is 1760 g/mol. The molecule has 0 saturated carbocycles. The van der Waals surface area contributed by atoms with Gasteiger partial charge in [-0.1, -0.05) is 272 Å². The van der Waals surface area contributed by atoms with Gasteiger partial charge in [-0.25, -0.2) is 0 Å². The molecule has 0 radical (unpaired) electrons. The lowest BCUT2D eigenvalue weighted by molar-refractivity contribution is 0.340. The number of hydrogen-bond acceptors (Lipinski definition) is 11. The van der Waals surface area contributed by atoms with Gasteiger partial charge in [0, 0.05) is 122 Å². The molecule has 0 spiro atoms. The minimum atomic E-state index is 0.681. The van der Waals surface area contributed by atoms with Crippen LogP contribution in [0.1, 0.15) is 12.5 Å². The lowest BCUT2D eigenvalue weighted by Gasteiger charge is -2.27. The van der Waals surface area contributed by atoms with Crippen molar-refractivity contribution in [1.29, 1.82) is 0 Å². The molecule has 0 unspecified atom stereocenters. The highest BCUT2D eigenvalue weighted by Gasteiger charge is 2.20. The summed E-state index contributed by atoms with van der Waals surface area (Å²) in [7, 11) is 9.15. The Labute approximate surface area is 795 Å². The van der Waals surface area contributed by atoms with Crippen LogP contribution < -0.4 is 53.2 Å². The van der Waals surface area contributed by atoms with Crippen LogP contribution in [0.3, 0.4) is 0 Å². The summed E-state index contributed by atoms with van der Waals surface area (Å²) in [5, 5.41) is 4.96. The van der Waals surface area contributed by atoms with Crippen LogP contribution in [0.2, 0.25) is 0 Å². The molecule has 20 aromatic rings. The number of aryl methyl sites for hydroxylation is 1. The van der Waals surface area contributed by atoms with E-state index in [0.29, 0.717) is 6.61 Å². The highest BCUT2D eigenvalue weighted by atomic mass is 16.5. The minimum absolute atomic E-state index is 0.681. The molecule has 20 rings (SSSR count). The summed E-state index contributed by atoms with van der Waals surface area (Å²) in [5.74, 6) is 3.44. The van der Waals surface area contributed by atoms with Crippen molar-refractivity contribution in [2.75, 3.05) is 76.3 Å². The van der Waals surface area contributed by atoms with Gasteiger partial charge in [-0.3, -0.25) is 0 Å². The molecule has 0 bridgehead atoms. The van der Waals surface area contributed by atoms with E-state index >= 15 is 0 Å². The summed E-state index contributed by atoms with van der Waals surface area (Å²) in [6, 6.07) is 184. The number of fused-ring (bicyclic) bond motifs is 2. The third-order valence-corrected chi connectivity index (χ3v) is 22.5. The van der Waals surface area contributed by atoms with E-state index in [1.807, 2.05) is 116 Å². The Morgan fingerprint density at radius 1 is 0.170 bits per heavy atom. The zero-order valence-corrected chi connectivity index (χ0v) is 77.3. The largest absolute Gasteiger partial charge is 0.497 e. The van der Waals surface area contributed by atoms with Crippen LogP contribution in [0, 0.1) is 6.92 Å². The molecular formula is C124H111N7O4. The third kappa shape index (κ3) is 24.6. The summed E-state index contributed by atoms with van der Waals surface area (Å²) < 4.78 is 21.4. The number of ether oxygens (including phenoxy) is 4. The maximum atomic E-state index is 5.53. The molecule has 0 saturated heterocycles. The van der Waals surface area contributed by atoms with E-state index in [9.17, 15) is 0 Å². The molecule has 0 aliphatic heterocycles. The van der Waals surface area contributed by atoms with Crippen molar-refractivity contribution in [3.05, 3.63) is 539 Å². The van der Waals surface area contributed by atoms with Crippen molar-refractivity contribution in [3.8, 4) is 23.0 Å². The van der Waals surface area contributed by atoms with Crippen molar-refractivity contribution in [2.45, 2.75) is 13.8 Å². The molecule has 0 heterocycles. The molecule has 11 nitrogen and oxygen atoms in total. The van der Waals surface area contributed by atoms with Gasteiger partial charge in [0.2, 0.25) is 0 Å². The van der Waals surface area contributed by atoms with E-state index in [-0.39, 0.29) is 0 Å². The fourth-order valence-corrected chi connectivity index (χ4v) is 15.9. The molecule has 0 fully saturated rings. The molecule has 0 aliphatic carbocycles. The smallest absolute Gasteiger partial charge is 0.119 e. The molecule has 666 valence electrons. The summed E-state index contributed by atoms with van der Waals surface area (Å²) in [5.41, 5.74) is 23.0. The van der Waals surface area contributed by atoms with Gasteiger partial charge in [0.1, 0.15) is 23.0 Å². The molecule has 0 amide bonds. The fourth-order valence-electron chi connectivity index (χ4n) is 15.9. The number of rotatable bonds is 24. The van der Waals surface area contributed by atoms with Crippen molar-refractivity contribution >= 4 is 130 Å². The normalized spacial score (nSPS) is 10.4. The monoisotopic (exact) mass is 1760 g/mol. The standard InChI is InChI=1S/C23H19NO.C22H17N.C20H20N2.C20H19NO2.C20H19NO.C19H17N/c1-25-21-16-14-20(15-17-21)24(19-10-3-2-4-11-19)23-13-7-9-18-8-5-6-12-22(18)23;1-3-12-19(13-4-1)23(20-14-5-2-6-15-20)22-17-9-11-18-10-7-8-16-21(18)22;1-21(2)17-13-15-20(16-14-17)22(18-9-5-3-6-10-18)19-11-7-4-8-12-19;1-22-19-12-8-17(9-13-19)21(16-6-4-3-5-7-16)18-10-14-20(23-2)15-11-18;1-2-22-20-15-13-19(14-16-20)21(17-9-5-3-6-10-17)18-11-7-4-8-12-18;1-16-12-14-19(15-13-16)20(17-8-4-2-5-9-17)18-10-6-3-7-11-18/h2-17H,1H3;1-17H;3-16H,1-2H3;3-15H,1-2H3;3-16H,2H2,1H3;2-15H,1H3. The zero-order chi connectivity index (χ0) is 93.0. The lowest BCUT2D eigenvalue weighted by Crippen LogP contribution is -2.11. The molecular weight excluding hydrogens is 1650 g/mol. The Morgan fingerprint density at radius 3 is 0.578 bits per heavy atom. The first kappa shape index (κ1) is 92.4. The van der Waals surface area contributed by atoms with Crippen LogP contribution in [-0.4, -0.2) is 42.0 Å². The first-order chi connectivity index (χ1) is 66.6. The Bertz CT molecular complexity index is 6640. The van der Waals surface area contributed by atoms with Gasteiger partial charge in [0.25, 0.3) is 0 Å². The van der Waals surface area contributed by atoms with Crippen LogP contribution in [-0.2, 0) is 0 Å². The topological polar surface area (TPSA) is 59.6 Å². The van der Waals surface area contributed by atoms with Gasteiger partial charge in [-0.15, -0.1) is 0 Å². The van der Waals surface area contributed by atoms with Crippen molar-refractivity contribution in [1.82, 2.24) is 0 Å². The lowest BCUT2D eigenvalue weighted by atomic mass is 10.1. The predicted octanol–water partition coefficient (Wildman–Crippen LogP) is 34.0. The highest BCUT2D eigenvalue weighted by molar-refractivity contribution is 6.00. The summed E-state index contributed by atoms with van der Waals surface area (Å²) in [4.78, 5) is 15.6. The number of hydrogen-bond donors (Lipinski definition) is 0. The molecule has 0 atom stereocenters. The molecule has 0 aromatic heterocycles. The Morgan fingerprint density at radius 2 is 0.348 bits per heavy atom. The molecule has 135 heavy (non-hydrogen) atoms. The van der Waals surface area contributed by atoms with Gasteiger partial charge >= 0.3 is 0 Å². The fraction of sp³-hybridized carbons (Fsp3) is 0.0645. The zero-order valence-electron chi connectivity index (χ0n) is 77.3. The first-order valence-electron chi connectivity index (χ1n) is 45.4. The van der Waals surface area contributed by atoms with E-state index in [4.69, 9.17) is 18.9 Å². The Kier molecular flexibility index (Phi) is 32.8. The van der Waals surface area contributed by atoms with E-state index in [2.05, 4.69) is 480 Å². The number of anilines is 19. The highest BCUT2D eigenvalue weighted by Crippen LogP contribution is 2.44. The number of benzene rings is 20. The van der Waals surface area contributed by atoms with Crippen LogP contribution >= 0.6 is 0 Å². The average Bonchev–Trinajstić information content (AvgIpc) is 0.784. The van der Waals surface area contributed by atoms with Crippen LogP contribution in [0.4, 0.5) is 108 Å². The van der Waals surface area contributed by atoms with Crippen molar-refractivity contribution < 1.29 is 18.9 Å². The maximum absolute atomic E-state index is 5.53. The summed E-state index contributed by atoms with van der Waals surface area (Å²) in [6.07, 6.45) is 0. The summed E-state index contributed by atoms with van der Waals surface area (Å²) in [6.45, 7) is 4.79. The second-order valence-electron chi connectivity index (χ2n) is 31.6. The SMILES string of the molecule is CCOc1ccc(N(c2ccccc2)c2ccccc2)cc1.CN(C)c1ccc(N(c2ccccc2)c2ccccc2)cc1.COc1ccc(N(c2ccccc2)c2ccc(OC)cc2)cc1.COc1ccc(N(c2ccccc2)c2cccc3ccccc23)cc1.Cc1ccc(N(c2ccccc2)c2ccccc2)cc1.c1ccc(N(c2ccccc2)c2cccc3ccccc23)cc1. The van der Waals surface area contributed by atoms with Gasteiger partial charge in [0.15, 0.2) is 0 Å². The van der Waals surface area contributed by atoms with Crippen molar-refractivity contribution in [2.24, 2.45) is 0 Å². The van der Waals surface area contributed by atoms with Gasteiger partial charge in [0.05, 0.1) is 39.3 Å². The second kappa shape index (κ2) is 47.9. The van der Waals surface area contributed by atoms with Gasteiger partial charge in [-0.05, 0) is 292 Å². The van der Waals surface area contributed by atoms with E-state index in [1.165, 1.54) is 55.5 Å². The maximum Gasteiger partial charge on any atom is 0.119 e. The quantitative estimate of drug-likeness (QED) is 0.0581. The number of nitrogens with zero attached hydrogens (tertiary/aromatic N) is 7. The first-order valence-corrected chi connectivity index (χ1v) is 45.4. The van der Waals surface area contributed by atoms with Crippen LogP contribution in [0.15, 0.2) is 534 Å². The summed E-state index contributed by atoms with van der Waals surface area (Å²) >= 11 is 0. The van der Waals surface area contributed by atoms with E-state index in [0.717, 1.165) is 103 Å². The third-order valence-electron chi connectivity index (χ3n) is 22.5. The molecule has 11 heteroatoms. The van der Waals surface area contributed by atoms with Crippen LogP contribution in [0.25, 0.3) is 21.5 Å². The van der Waals surface area contributed by atoms with Gasteiger partial charge in [-0.2, -0.15) is 0 Å². The molecule has 0 N–H and O–H groups in total. The van der Waals surface area contributed by atoms with Gasteiger partial charge < -0.3 is 53.2 Å².